The highest BCUT2D eigenvalue weighted by Gasteiger charge is 2.47. The standard InChI is InChI=1S/C26H21F3N2O5/c1-14-10-15(2)24(35-3)19(11-14)22(32)20-21(16-6-5-9-30-13-16)31(25(34)23(20)33)17-7-4-8-18(12-17)36-26(27,28)29/h4-13,21,32H,1-3H3/b22-20+. The zero-order chi connectivity index (χ0) is 26.2. The van der Waals surface area contributed by atoms with E-state index in [0.29, 0.717) is 16.9 Å². The minimum absolute atomic E-state index is 0.0286. The molecular formula is C26H21F3N2O5. The van der Waals surface area contributed by atoms with E-state index < -0.39 is 35.6 Å². The molecule has 1 fully saturated rings. The number of anilines is 1. The minimum atomic E-state index is -4.95. The Labute approximate surface area is 204 Å². The number of aromatic nitrogens is 1. The molecule has 1 aliphatic rings. The summed E-state index contributed by atoms with van der Waals surface area (Å²) >= 11 is 0. The SMILES string of the molecule is COc1c(C)cc(C)cc1/C(O)=C1\C(=O)C(=O)N(c2cccc(OC(F)(F)F)c2)C1c1cccnc1. The van der Waals surface area contributed by atoms with Crippen LogP contribution in [0.1, 0.15) is 28.3 Å². The molecule has 1 N–H and O–H groups in total. The van der Waals surface area contributed by atoms with Gasteiger partial charge in [0.15, 0.2) is 0 Å². The predicted octanol–water partition coefficient (Wildman–Crippen LogP) is 5.23. The normalized spacial score (nSPS) is 17.4. The fourth-order valence-corrected chi connectivity index (χ4v) is 4.33. The highest BCUT2D eigenvalue weighted by molar-refractivity contribution is 6.51. The number of carbonyl (C=O) groups excluding carboxylic acids is 2. The highest BCUT2D eigenvalue weighted by atomic mass is 19.4. The molecule has 0 aliphatic carbocycles. The van der Waals surface area contributed by atoms with Gasteiger partial charge in [0.1, 0.15) is 17.3 Å². The van der Waals surface area contributed by atoms with Crippen molar-refractivity contribution in [3.63, 3.8) is 0 Å². The fourth-order valence-electron chi connectivity index (χ4n) is 4.33. The van der Waals surface area contributed by atoms with E-state index in [4.69, 9.17) is 4.74 Å². The molecule has 0 saturated carbocycles. The second kappa shape index (κ2) is 9.37. The second-order valence-corrected chi connectivity index (χ2v) is 8.16. The van der Waals surface area contributed by atoms with E-state index in [1.165, 1.54) is 31.6 Å². The summed E-state index contributed by atoms with van der Waals surface area (Å²) in [6.45, 7) is 3.57. The van der Waals surface area contributed by atoms with Gasteiger partial charge in [-0.1, -0.05) is 18.2 Å². The molecular weight excluding hydrogens is 477 g/mol. The quantitative estimate of drug-likeness (QED) is 0.294. The van der Waals surface area contributed by atoms with Crippen molar-refractivity contribution in [2.75, 3.05) is 12.0 Å². The summed E-state index contributed by atoms with van der Waals surface area (Å²) in [5, 5.41) is 11.4. The number of aryl methyl sites for hydroxylation is 2. The molecule has 1 unspecified atom stereocenters. The Balaban J connectivity index is 1.95. The Morgan fingerprint density at radius 2 is 1.83 bits per heavy atom. The van der Waals surface area contributed by atoms with Gasteiger partial charge in [-0.25, -0.2) is 0 Å². The molecule has 1 aromatic heterocycles. The van der Waals surface area contributed by atoms with Crippen LogP contribution in [0.4, 0.5) is 18.9 Å². The van der Waals surface area contributed by atoms with Crippen molar-refractivity contribution in [2.45, 2.75) is 26.3 Å². The molecule has 36 heavy (non-hydrogen) atoms. The lowest BCUT2D eigenvalue weighted by Gasteiger charge is -2.25. The summed E-state index contributed by atoms with van der Waals surface area (Å²) in [5.74, 6) is -2.77. The van der Waals surface area contributed by atoms with Crippen LogP contribution in [0.5, 0.6) is 11.5 Å². The maximum Gasteiger partial charge on any atom is 0.573 e. The number of carbonyl (C=O) groups is 2. The number of methoxy groups -OCH3 is 1. The Hall–Kier alpha value is -4.34. The first-order valence-electron chi connectivity index (χ1n) is 10.7. The number of amides is 1. The van der Waals surface area contributed by atoms with Crippen molar-refractivity contribution < 1.29 is 37.3 Å². The Morgan fingerprint density at radius 3 is 2.47 bits per heavy atom. The van der Waals surface area contributed by atoms with Crippen LogP contribution in [0.2, 0.25) is 0 Å². The lowest BCUT2D eigenvalue weighted by atomic mass is 9.94. The van der Waals surface area contributed by atoms with Crippen LogP contribution in [-0.2, 0) is 9.59 Å². The fraction of sp³-hybridized carbons (Fsp3) is 0.192. The van der Waals surface area contributed by atoms with Gasteiger partial charge < -0.3 is 14.6 Å². The molecule has 0 bridgehead atoms. The molecule has 1 aliphatic heterocycles. The van der Waals surface area contributed by atoms with Gasteiger partial charge in [-0.15, -0.1) is 13.2 Å². The summed E-state index contributed by atoms with van der Waals surface area (Å²) in [5.41, 5.74) is 1.76. The van der Waals surface area contributed by atoms with E-state index in [0.717, 1.165) is 22.6 Å². The molecule has 2 heterocycles. The number of aliphatic hydroxyl groups is 1. The first kappa shape index (κ1) is 24.8. The number of nitrogens with zero attached hydrogens (tertiary/aromatic N) is 2. The molecule has 186 valence electrons. The Kier molecular flexibility index (Phi) is 6.45. The maximum absolute atomic E-state index is 13.3. The third-order valence-corrected chi connectivity index (χ3v) is 5.65. The number of alkyl halides is 3. The van der Waals surface area contributed by atoms with E-state index in [9.17, 15) is 27.9 Å². The highest BCUT2D eigenvalue weighted by Crippen LogP contribution is 2.44. The van der Waals surface area contributed by atoms with Gasteiger partial charge in [-0.05, 0) is 54.8 Å². The van der Waals surface area contributed by atoms with Crippen molar-refractivity contribution in [3.05, 3.63) is 88.8 Å². The van der Waals surface area contributed by atoms with Crippen LogP contribution in [0.15, 0.2) is 66.5 Å². The number of hydrogen-bond acceptors (Lipinski definition) is 6. The first-order valence-corrected chi connectivity index (χ1v) is 10.7. The van der Waals surface area contributed by atoms with Gasteiger partial charge in [-0.2, -0.15) is 0 Å². The van der Waals surface area contributed by atoms with E-state index in [2.05, 4.69) is 9.72 Å². The molecule has 7 nitrogen and oxygen atoms in total. The number of rotatable bonds is 5. The lowest BCUT2D eigenvalue weighted by molar-refractivity contribution is -0.274. The van der Waals surface area contributed by atoms with Crippen LogP contribution < -0.4 is 14.4 Å². The lowest BCUT2D eigenvalue weighted by Crippen LogP contribution is -2.29. The second-order valence-electron chi connectivity index (χ2n) is 8.16. The predicted molar refractivity (Wildman–Crippen MR) is 125 cm³/mol. The molecule has 0 radical (unpaired) electrons. The Morgan fingerprint density at radius 1 is 1.08 bits per heavy atom. The van der Waals surface area contributed by atoms with Crippen molar-refractivity contribution in [2.24, 2.45) is 0 Å². The summed E-state index contributed by atoms with van der Waals surface area (Å²) in [6, 6.07) is 10.2. The molecule has 1 amide bonds. The van der Waals surface area contributed by atoms with Crippen LogP contribution in [-0.4, -0.2) is 35.3 Å². The largest absolute Gasteiger partial charge is 0.573 e. The number of pyridine rings is 1. The topological polar surface area (TPSA) is 89.0 Å². The molecule has 2 aromatic carbocycles. The summed E-state index contributed by atoms with van der Waals surface area (Å²) < 4.78 is 47.9. The van der Waals surface area contributed by atoms with Crippen LogP contribution in [0.25, 0.3) is 5.76 Å². The Bertz CT molecular complexity index is 1370. The van der Waals surface area contributed by atoms with Gasteiger partial charge in [0.05, 0.1) is 24.3 Å². The molecule has 1 atom stereocenters. The zero-order valence-corrected chi connectivity index (χ0v) is 19.5. The van der Waals surface area contributed by atoms with Gasteiger partial charge in [0, 0.05) is 24.1 Å². The molecule has 1 saturated heterocycles. The summed E-state index contributed by atoms with van der Waals surface area (Å²) in [4.78, 5) is 31.6. The number of aliphatic hydroxyl groups excluding tert-OH is 1. The monoisotopic (exact) mass is 498 g/mol. The van der Waals surface area contributed by atoms with Crippen LogP contribution in [0.3, 0.4) is 0 Å². The van der Waals surface area contributed by atoms with Crippen molar-refractivity contribution >= 4 is 23.1 Å². The smallest absolute Gasteiger partial charge is 0.507 e. The van der Waals surface area contributed by atoms with Gasteiger partial charge >= 0.3 is 6.36 Å². The number of benzene rings is 2. The number of Topliss-reactive ketones (excluding diaryl/α,β-unsaturated/α-hetero) is 1. The van der Waals surface area contributed by atoms with E-state index in [1.807, 2.05) is 6.07 Å². The van der Waals surface area contributed by atoms with E-state index >= 15 is 0 Å². The molecule has 10 heteroatoms. The van der Waals surface area contributed by atoms with Gasteiger partial charge in [-0.3, -0.25) is 19.5 Å². The number of ketones is 1. The third-order valence-electron chi connectivity index (χ3n) is 5.65. The van der Waals surface area contributed by atoms with Crippen molar-refractivity contribution in [1.82, 2.24) is 4.98 Å². The van der Waals surface area contributed by atoms with Crippen molar-refractivity contribution in [3.8, 4) is 11.5 Å². The molecule has 0 spiro atoms. The number of ether oxygens (including phenoxy) is 2. The van der Waals surface area contributed by atoms with Crippen molar-refractivity contribution in [1.29, 1.82) is 0 Å². The number of hydrogen-bond donors (Lipinski definition) is 1. The zero-order valence-electron chi connectivity index (χ0n) is 19.5. The number of halogens is 3. The van der Waals surface area contributed by atoms with Gasteiger partial charge in [0.2, 0.25) is 0 Å². The third kappa shape index (κ3) is 4.61. The summed E-state index contributed by atoms with van der Waals surface area (Å²) in [6.07, 6.45) is -2.05. The maximum atomic E-state index is 13.3. The molecule has 3 aromatic rings. The van der Waals surface area contributed by atoms with Gasteiger partial charge in [0.25, 0.3) is 11.7 Å². The van der Waals surface area contributed by atoms with E-state index in [1.54, 1.807) is 32.0 Å². The minimum Gasteiger partial charge on any atom is -0.507 e. The van der Waals surface area contributed by atoms with Crippen LogP contribution >= 0.6 is 0 Å². The average molecular weight is 498 g/mol. The van der Waals surface area contributed by atoms with Crippen LogP contribution in [0, 0.1) is 13.8 Å². The average Bonchev–Trinajstić information content (AvgIpc) is 3.08. The molecule has 4 rings (SSSR count). The van der Waals surface area contributed by atoms with E-state index in [-0.39, 0.29) is 16.8 Å². The first-order chi connectivity index (χ1) is 17.0. The summed E-state index contributed by atoms with van der Waals surface area (Å²) in [7, 11) is 1.41.